The Balaban J connectivity index is 1.93. The van der Waals surface area contributed by atoms with Gasteiger partial charge in [0, 0.05) is 16.1 Å². The number of carbonyl (C=O) groups is 1. The molecule has 7 heteroatoms. The molecule has 134 valence electrons. The highest BCUT2D eigenvalue weighted by Crippen LogP contribution is 2.28. The summed E-state index contributed by atoms with van der Waals surface area (Å²) >= 11 is 5.91. The van der Waals surface area contributed by atoms with Crippen LogP contribution in [0.3, 0.4) is 0 Å². The minimum Gasteiger partial charge on any atom is -0.324 e. The number of sulfonamides is 1. The van der Waals surface area contributed by atoms with Gasteiger partial charge in [0.05, 0.1) is 11.9 Å². The van der Waals surface area contributed by atoms with E-state index in [1.54, 1.807) is 36.4 Å². The van der Waals surface area contributed by atoms with Gasteiger partial charge < -0.3 is 5.32 Å². The molecule has 0 atom stereocenters. The molecule has 0 radical (unpaired) electrons. The number of nitrogens with one attached hydrogen (secondary N) is 1. The number of nitrogens with zero attached hydrogens (tertiary/aromatic N) is 1. The third-order valence-corrected chi connectivity index (χ3v) is 5.19. The van der Waals surface area contributed by atoms with Gasteiger partial charge in [0.2, 0.25) is 15.9 Å². The number of rotatable bonds is 5. The number of benzene rings is 3. The SMILES string of the molecule is CS(=O)(=O)N(CC(=O)Nc1cccc(Cl)c1)c1cccc2ccccc12. The number of amides is 1. The number of hydrogen-bond acceptors (Lipinski definition) is 3. The second-order valence-electron chi connectivity index (χ2n) is 5.83. The highest BCUT2D eigenvalue weighted by Gasteiger charge is 2.22. The molecular formula is C19H17ClN2O3S. The van der Waals surface area contributed by atoms with Crippen molar-refractivity contribution in [1.29, 1.82) is 0 Å². The Bertz CT molecular complexity index is 1060. The largest absolute Gasteiger partial charge is 0.324 e. The van der Waals surface area contributed by atoms with Gasteiger partial charge in [-0.1, -0.05) is 54.1 Å². The van der Waals surface area contributed by atoms with E-state index >= 15 is 0 Å². The van der Waals surface area contributed by atoms with Crippen LogP contribution in [0.15, 0.2) is 66.7 Å². The zero-order valence-corrected chi connectivity index (χ0v) is 15.6. The molecule has 0 aliphatic heterocycles. The third kappa shape index (κ3) is 4.15. The fourth-order valence-corrected chi connectivity index (χ4v) is 3.76. The Hall–Kier alpha value is -2.57. The van der Waals surface area contributed by atoms with Gasteiger partial charge >= 0.3 is 0 Å². The van der Waals surface area contributed by atoms with Gasteiger partial charge in [0.1, 0.15) is 6.54 Å². The van der Waals surface area contributed by atoms with E-state index < -0.39 is 15.9 Å². The van der Waals surface area contributed by atoms with Crippen LogP contribution in [0.4, 0.5) is 11.4 Å². The van der Waals surface area contributed by atoms with E-state index in [-0.39, 0.29) is 6.54 Å². The Morgan fingerprint density at radius 2 is 1.73 bits per heavy atom. The minimum atomic E-state index is -3.66. The molecule has 26 heavy (non-hydrogen) atoms. The summed E-state index contributed by atoms with van der Waals surface area (Å²) in [5, 5.41) is 4.81. The molecule has 0 aliphatic carbocycles. The summed E-state index contributed by atoms with van der Waals surface area (Å²) in [4.78, 5) is 12.4. The van der Waals surface area contributed by atoms with Gasteiger partial charge in [-0.2, -0.15) is 0 Å². The molecule has 0 spiro atoms. The van der Waals surface area contributed by atoms with Crippen LogP contribution in [0, 0.1) is 0 Å². The Morgan fingerprint density at radius 3 is 2.46 bits per heavy atom. The highest BCUT2D eigenvalue weighted by molar-refractivity contribution is 7.92. The van der Waals surface area contributed by atoms with Crippen molar-refractivity contribution in [3.63, 3.8) is 0 Å². The van der Waals surface area contributed by atoms with Crippen molar-refractivity contribution in [2.45, 2.75) is 0 Å². The first-order chi connectivity index (χ1) is 12.3. The fourth-order valence-electron chi connectivity index (χ4n) is 2.70. The Morgan fingerprint density at radius 1 is 1.04 bits per heavy atom. The van der Waals surface area contributed by atoms with Crippen molar-refractivity contribution in [1.82, 2.24) is 0 Å². The average molecular weight is 389 g/mol. The van der Waals surface area contributed by atoms with E-state index in [1.165, 1.54) is 0 Å². The number of hydrogen-bond donors (Lipinski definition) is 1. The molecule has 0 unspecified atom stereocenters. The average Bonchev–Trinajstić information content (AvgIpc) is 2.58. The second kappa shape index (κ2) is 7.35. The summed E-state index contributed by atoms with van der Waals surface area (Å²) < 4.78 is 25.8. The van der Waals surface area contributed by atoms with Gasteiger partial charge in [-0.25, -0.2) is 8.42 Å². The zero-order chi connectivity index (χ0) is 18.7. The summed E-state index contributed by atoms with van der Waals surface area (Å²) in [6.07, 6.45) is 1.08. The van der Waals surface area contributed by atoms with Crippen molar-refractivity contribution in [3.8, 4) is 0 Å². The maximum atomic E-state index is 12.4. The van der Waals surface area contributed by atoms with E-state index in [4.69, 9.17) is 11.6 Å². The van der Waals surface area contributed by atoms with E-state index in [0.717, 1.165) is 21.3 Å². The van der Waals surface area contributed by atoms with E-state index in [9.17, 15) is 13.2 Å². The van der Waals surface area contributed by atoms with Gasteiger partial charge in [0.15, 0.2) is 0 Å². The lowest BCUT2D eigenvalue weighted by molar-refractivity contribution is -0.114. The fraction of sp³-hybridized carbons (Fsp3) is 0.105. The van der Waals surface area contributed by atoms with Crippen molar-refractivity contribution in [3.05, 3.63) is 71.8 Å². The van der Waals surface area contributed by atoms with E-state index in [2.05, 4.69) is 5.32 Å². The van der Waals surface area contributed by atoms with Crippen LogP contribution in [-0.4, -0.2) is 27.1 Å². The topological polar surface area (TPSA) is 66.5 Å². The lowest BCUT2D eigenvalue weighted by atomic mass is 10.1. The monoisotopic (exact) mass is 388 g/mol. The van der Waals surface area contributed by atoms with Crippen LogP contribution in [0.5, 0.6) is 0 Å². The number of anilines is 2. The molecule has 3 aromatic rings. The Labute approximate surface area is 157 Å². The van der Waals surface area contributed by atoms with Gasteiger partial charge in [0.25, 0.3) is 0 Å². The van der Waals surface area contributed by atoms with Crippen LogP contribution in [0.2, 0.25) is 5.02 Å². The normalized spacial score (nSPS) is 11.3. The summed E-state index contributed by atoms with van der Waals surface area (Å²) in [6, 6.07) is 19.5. The maximum Gasteiger partial charge on any atom is 0.245 e. The van der Waals surface area contributed by atoms with Crippen LogP contribution in [-0.2, 0) is 14.8 Å². The summed E-state index contributed by atoms with van der Waals surface area (Å²) in [5.74, 6) is -0.453. The zero-order valence-electron chi connectivity index (χ0n) is 14.0. The predicted molar refractivity (Wildman–Crippen MR) is 106 cm³/mol. The first kappa shape index (κ1) is 18.2. The molecular weight excluding hydrogens is 372 g/mol. The van der Waals surface area contributed by atoms with Gasteiger partial charge in [-0.15, -0.1) is 0 Å². The van der Waals surface area contributed by atoms with Crippen molar-refractivity contribution >= 4 is 49.7 Å². The molecule has 0 saturated heterocycles. The quantitative estimate of drug-likeness (QED) is 0.720. The molecule has 0 heterocycles. The van der Waals surface area contributed by atoms with Crippen LogP contribution < -0.4 is 9.62 Å². The Kier molecular flexibility index (Phi) is 5.15. The lowest BCUT2D eigenvalue weighted by Gasteiger charge is -2.23. The molecule has 0 aliphatic rings. The van der Waals surface area contributed by atoms with Gasteiger partial charge in [-0.05, 0) is 29.7 Å². The highest BCUT2D eigenvalue weighted by atomic mass is 35.5. The molecule has 0 saturated carbocycles. The first-order valence-electron chi connectivity index (χ1n) is 7.85. The standard InChI is InChI=1S/C19H17ClN2O3S/c1-26(24,25)22(13-19(23)21-16-9-5-8-15(20)12-16)18-11-4-7-14-6-2-3-10-17(14)18/h2-12H,13H2,1H3,(H,21,23). The number of halogens is 1. The second-order valence-corrected chi connectivity index (χ2v) is 8.17. The molecule has 1 amide bonds. The lowest BCUT2D eigenvalue weighted by Crippen LogP contribution is -2.37. The molecule has 0 fully saturated rings. The van der Waals surface area contributed by atoms with Crippen LogP contribution >= 0.6 is 11.6 Å². The smallest absolute Gasteiger partial charge is 0.245 e. The van der Waals surface area contributed by atoms with E-state index in [1.807, 2.05) is 30.3 Å². The molecule has 0 aromatic heterocycles. The predicted octanol–water partition coefficient (Wildman–Crippen LogP) is 3.90. The van der Waals surface area contributed by atoms with Crippen molar-refractivity contribution in [2.24, 2.45) is 0 Å². The minimum absolute atomic E-state index is 0.334. The molecule has 3 aromatic carbocycles. The van der Waals surface area contributed by atoms with E-state index in [0.29, 0.717) is 16.4 Å². The van der Waals surface area contributed by atoms with Crippen molar-refractivity contribution < 1.29 is 13.2 Å². The summed E-state index contributed by atoms with van der Waals surface area (Å²) in [7, 11) is -3.66. The third-order valence-electron chi connectivity index (χ3n) is 3.83. The van der Waals surface area contributed by atoms with Crippen LogP contribution in [0.25, 0.3) is 10.8 Å². The molecule has 5 nitrogen and oxygen atoms in total. The van der Waals surface area contributed by atoms with Crippen LogP contribution in [0.1, 0.15) is 0 Å². The molecule has 1 N–H and O–H groups in total. The number of carbonyl (C=O) groups excluding carboxylic acids is 1. The summed E-state index contributed by atoms with van der Waals surface area (Å²) in [5.41, 5.74) is 0.973. The summed E-state index contributed by atoms with van der Waals surface area (Å²) in [6.45, 7) is -0.334. The van der Waals surface area contributed by atoms with Crippen molar-refractivity contribution in [2.75, 3.05) is 22.4 Å². The first-order valence-corrected chi connectivity index (χ1v) is 10.1. The molecule has 0 bridgehead atoms. The van der Waals surface area contributed by atoms with Gasteiger partial charge in [-0.3, -0.25) is 9.10 Å². The maximum absolute atomic E-state index is 12.4. The number of fused-ring (bicyclic) bond motifs is 1. The molecule has 3 rings (SSSR count).